The summed E-state index contributed by atoms with van der Waals surface area (Å²) in [5.41, 5.74) is 4.45. The van der Waals surface area contributed by atoms with E-state index in [1.165, 1.54) is 17.5 Å². The number of rotatable bonds is 7. The first-order chi connectivity index (χ1) is 13.1. The normalized spacial score (nSPS) is 11.5. The summed E-state index contributed by atoms with van der Waals surface area (Å²) in [6.45, 7) is 9.26. The van der Waals surface area contributed by atoms with Crippen molar-refractivity contribution >= 4 is 21.6 Å². The highest BCUT2D eigenvalue weighted by molar-refractivity contribution is 7.89. The number of amides is 1. The van der Waals surface area contributed by atoms with E-state index in [9.17, 15) is 13.2 Å². The van der Waals surface area contributed by atoms with Crippen LogP contribution < -0.4 is 10.1 Å². The lowest BCUT2D eigenvalue weighted by molar-refractivity contribution is -0.116. The predicted molar refractivity (Wildman–Crippen MR) is 111 cm³/mol. The summed E-state index contributed by atoms with van der Waals surface area (Å²) in [5.74, 6) is 0.246. The third kappa shape index (κ3) is 4.72. The van der Waals surface area contributed by atoms with Crippen molar-refractivity contribution in [3.63, 3.8) is 0 Å². The largest absolute Gasteiger partial charge is 0.496 e. The number of nitrogens with one attached hydrogen (secondary N) is 1. The number of aryl methyl sites for hydroxylation is 4. The van der Waals surface area contributed by atoms with Crippen molar-refractivity contribution in [3.8, 4) is 5.75 Å². The van der Waals surface area contributed by atoms with E-state index in [0.717, 1.165) is 27.9 Å². The van der Waals surface area contributed by atoms with Crippen molar-refractivity contribution in [2.45, 2.75) is 39.5 Å². The van der Waals surface area contributed by atoms with Gasteiger partial charge in [0.05, 0.1) is 18.6 Å². The second-order valence-corrected chi connectivity index (χ2v) is 8.82. The predicted octanol–water partition coefficient (Wildman–Crippen LogP) is 3.58. The number of ether oxygens (including phenoxy) is 1. The van der Waals surface area contributed by atoms with Crippen LogP contribution in [0.4, 0.5) is 5.69 Å². The van der Waals surface area contributed by atoms with Gasteiger partial charge in [-0.05, 0) is 62.6 Å². The smallest absolute Gasteiger partial charge is 0.243 e. The van der Waals surface area contributed by atoms with Crippen LogP contribution in [-0.4, -0.2) is 38.8 Å². The van der Waals surface area contributed by atoms with Crippen LogP contribution in [0.1, 0.15) is 29.2 Å². The number of benzene rings is 2. The molecule has 0 aliphatic heterocycles. The van der Waals surface area contributed by atoms with E-state index in [0.29, 0.717) is 5.75 Å². The average Bonchev–Trinajstić information content (AvgIpc) is 2.62. The molecule has 0 saturated carbocycles. The van der Waals surface area contributed by atoms with Gasteiger partial charge in [-0.25, -0.2) is 8.42 Å². The number of methoxy groups -OCH3 is 1. The molecular formula is C21H28N2O4S. The Balaban J connectivity index is 2.23. The lowest BCUT2D eigenvalue weighted by Gasteiger charge is -2.21. The molecule has 0 saturated heterocycles. The van der Waals surface area contributed by atoms with Crippen molar-refractivity contribution < 1.29 is 17.9 Å². The molecule has 0 bridgehead atoms. The number of likely N-dealkylation sites (N-methyl/N-ethyl adjacent to an activating group) is 1. The number of carbonyl (C=O) groups is 1. The first-order valence-corrected chi connectivity index (χ1v) is 10.6. The Morgan fingerprint density at radius 1 is 1.04 bits per heavy atom. The SMILES string of the molecule is CCN(CC(=O)Nc1c(C)cc(C)cc1C)S(=O)(=O)c1ccc(OC)c(C)c1. The van der Waals surface area contributed by atoms with Gasteiger partial charge in [0.1, 0.15) is 5.75 Å². The number of hydrogen-bond acceptors (Lipinski definition) is 4. The quantitative estimate of drug-likeness (QED) is 0.765. The van der Waals surface area contributed by atoms with Gasteiger partial charge in [0, 0.05) is 12.2 Å². The van der Waals surface area contributed by atoms with E-state index in [4.69, 9.17) is 4.74 Å². The molecule has 0 atom stereocenters. The second-order valence-electron chi connectivity index (χ2n) is 6.88. The molecular weight excluding hydrogens is 376 g/mol. The molecule has 0 heterocycles. The fourth-order valence-corrected chi connectivity index (χ4v) is 4.73. The van der Waals surface area contributed by atoms with Gasteiger partial charge in [0.2, 0.25) is 15.9 Å². The average molecular weight is 405 g/mol. The Hall–Kier alpha value is -2.38. The van der Waals surface area contributed by atoms with Gasteiger partial charge in [-0.1, -0.05) is 24.6 Å². The summed E-state index contributed by atoms with van der Waals surface area (Å²) < 4.78 is 32.3. The summed E-state index contributed by atoms with van der Waals surface area (Å²) >= 11 is 0. The molecule has 1 amide bonds. The maximum atomic E-state index is 13.0. The Bertz CT molecular complexity index is 961. The first kappa shape index (κ1) is 21.9. The van der Waals surface area contributed by atoms with E-state index < -0.39 is 10.0 Å². The molecule has 1 N–H and O–H groups in total. The maximum absolute atomic E-state index is 13.0. The Labute approximate surface area is 167 Å². The molecule has 0 aromatic heterocycles. The molecule has 2 aromatic rings. The summed E-state index contributed by atoms with van der Waals surface area (Å²) in [6.07, 6.45) is 0. The number of carbonyl (C=O) groups excluding carboxylic acids is 1. The van der Waals surface area contributed by atoms with E-state index in [2.05, 4.69) is 5.32 Å². The zero-order valence-corrected chi connectivity index (χ0v) is 18.1. The van der Waals surface area contributed by atoms with Crippen LogP contribution in [-0.2, 0) is 14.8 Å². The van der Waals surface area contributed by atoms with Gasteiger partial charge < -0.3 is 10.1 Å². The van der Waals surface area contributed by atoms with Crippen molar-refractivity contribution in [1.29, 1.82) is 0 Å². The van der Waals surface area contributed by atoms with Gasteiger partial charge in [-0.3, -0.25) is 4.79 Å². The fourth-order valence-electron chi connectivity index (χ4n) is 3.24. The molecule has 0 aliphatic carbocycles. The van der Waals surface area contributed by atoms with Gasteiger partial charge in [0.15, 0.2) is 0 Å². The van der Waals surface area contributed by atoms with Crippen molar-refractivity contribution in [2.75, 3.05) is 25.5 Å². The molecule has 0 radical (unpaired) electrons. The zero-order valence-electron chi connectivity index (χ0n) is 17.3. The van der Waals surface area contributed by atoms with Crippen LogP contribution in [0, 0.1) is 27.7 Å². The van der Waals surface area contributed by atoms with Gasteiger partial charge in [-0.15, -0.1) is 0 Å². The molecule has 0 unspecified atom stereocenters. The summed E-state index contributed by atoms with van der Waals surface area (Å²) in [6, 6.07) is 8.64. The second kappa shape index (κ2) is 8.75. The minimum atomic E-state index is -3.80. The standard InChI is InChI=1S/C21H28N2O4S/c1-7-23(28(25,26)18-8-9-19(27-6)15(3)12-18)13-20(24)22-21-16(4)10-14(2)11-17(21)5/h8-12H,7,13H2,1-6H3,(H,22,24). The highest BCUT2D eigenvalue weighted by Gasteiger charge is 2.26. The number of anilines is 1. The summed E-state index contributed by atoms with van der Waals surface area (Å²) in [7, 11) is -2.26. The van der Waals surface area contributed by atoms with Crippen molar-refractivity contribution in [3.05, 3.63) is 52.6 Å². The zero-order chi connectivity index (χ0) is 21.1. The molecule has 7 heteroatoms. The van der Waals surface area contributed by atoms with Gasteiger partial charge >= 0.3 is 0 Å². The Morgan fingerprint density at radius 2 is 1.64 bits per heavy atom. The highest BCUT2D eigenvalue weighted by Crippen LogP contribution is 2.25. The maximum Gasteiger partial charge on any atom is 0.243 e. The minimum Gasteiger partial charge on any atom is -0.496 e. The monoisotopic (exact) mass is 404 g/mol. The first-order valence-electron chi connectivity index (χ1n) is 9.12. The van der Waals surface area contributed by atoms with Crippen LogP contribution >= 0.6 is 0 Å². The molecule has 152 valence electrons. The van der Waals surface area contributed by atoms with Gasteiger partial charge in [-0.2, -0.15) is 4.31 Å². The molecule has 0 aliphatic rings. The number of hydrogen-bond donors (Lipinski definition) is 1. The molecule has 6 nitrogen and oxygen atoms in total. The molecule has 2 aromatic carbocycles. The lowest BCUT2D eigenvalue weighted by atomic mass is 10.1. The van der Waals surface area contributed by atoms with E-state index in [1.807, 2.05) is 32.9 Å². The molecule has 0 spiro atoms. The van der Waals surface area contributed by atoms with Gasteiger partial charge in [0.25, 0.3) is 0 Å². The van der Waals surface area contributed by atoms with Crippen molar-refractivity contribution in [1.82, 2.24) is 4.31 Å². The lowest BCUT2D eigenvalue weighted by Crippen LogP contribution is -2.38. The van der Waals surface area contributed by atoms with Crippen LogP contribution in [0.3, 0.4) is 0 Å². The third-order valence-electron chi connectivity index (χ3n) is 4.62. The molecule has 28 heavy (non-hydrogen) atoms. The van der Waals surface area contributed by atoms with E-state index >= 15 is 0 Å². The third-order valence-corrected chi connectivity index (χ3v) is 6.53. The molecule has 2 rings (SSSR count). The van der Waals surface area contributed by atoms with Crippen molar-refractivity contribution in [2.24, 2.45) is 0 Å². The Morgan fingerprint density at radius 3 is 2.14 bits per heavy atom. The van der Waals surface area contributed by atoms with Crippen LogP contribution in [0.25, 0.3) is 0 Å². The number of nitrogens with zero attached hydrogens (tertiary/aromatic N) is 1. The van der Waals surface area contributed by atoms with Crippen LogP contribution in [0.15, 0.2) is 35.2 Å². The Kier molecular flexibility index (Phi) is 6.85. The van der Waals surface area contributed by atoms with Crippen LogP contribution in [0.5, 0.6) is 5.75 Å². The van der Waals surface area contributed by atoms with E-state index in [1.54, 1.807) is 26.0 Å². The summed E-state index contributed by atoms with van der Waals surface area (Å²) in [4.78, 5) is 12.7. The van der Waals surface area contributed by atoms with Crippen LogP contribution in [0.2, 0.25) is 0 Å². The minimum absolute atomic E-state index is 0.142. The fraction of sp³-hybridized carbons (Fsp3) is 0.381. The summed E-state index contributed by atoms with van der Waals surface area (Å²) in [5, 5.41) is 2.86. The number of sulfonamides is 1. The van der Waals surface area contributed by atoms with E-state index in [-0.39, 0.29) is 23.9 Å². The topological polar surface area (TPSA) is 75.7 Å². The molecule has 0 fully saturated rings. The highest BCUT2D eigenvalue weighted by atomic mass is 32.2.